The minimum Gasteiger partial charge on any atom is -0.469 e. The second kappa shape index (κ2) is 3.90. The van der Waals surface area contributed by atoms with Crippen LogP contribution in [0.2, 0.25) is 0 Å². The summed E-state index contributed by atoms with van der Waals surface area (Å²) in [6.45, 7) is 1.82. The molecule has 12 heavy (non-hydrogen) atoms. The first-order valence-electron chi connectivity index (χ1n) is 3.79. The highest BCUT2D eigenvalue weighted by Crippen LogP contribution is 2.05. The van der Waals surface area contributed by atoms with Crippen molar-refractivity contribution in [2.75, 3.05) is 7.11 Å². The van der Waals surface area contributed by atoms with Crippen LogP contribution in [0.1, 0.15) is 12.6 Å². The SMILES string of the molecule is COC(=O)[C@@H](C)Cc1c[nH]cn1. The van der Waals surface area contributed by atoms with Gasteiger partial charge in [0.1, 0.15) is 0 Å². The predicted molar refractivity (Wildman–Crippen MR) is 43.5 cm³/mol. The molecule has 66 valence electrons. The number of carbonyl (C=O) groups excluding carboxylic acids is 1. The Morgan fingerprint density at radius 1 is 1.83 bits per heavy atom. The monoisotopic (exact) mass is 168 g/mol. The number of nitrogens with one attached hydrogen (secondary N) is 1. The van der Waals surface area contributed by atoms with Crippen LogP contribution in [0.15, 0.2) is 12.5 Å². The zero-order valence-corrected chi connectivity index (χ0v) is 7.20. The van der Waals surface area contributed by atoms with Gasteiger partial charge in [-0.25, -0.2) is 4.98 Å². The number of hydrogen-bond acceptors (Lipinski definition) is 3. The van der Waals surface area contributed by atoms with E-state index >= 15 is 0 Å². The van der Waals surface area contributed by atoms with Gasteiger partial charge in [0, 0.05) is 12.6 Å². The van der Waals surface area contributed by atoms with Crippen molar-refractivity contribution in [3.63, 3.8) is 0 Å². The molecule has 4 heteroatoms. The van der Waals surface area contributed by atoms with Gasteiger partial charge in [-0.3, -0.25) is 4.79 Å². The molecule has 0 saturated heterocycles. The van der Waals surface area contributed by atoms with Crippen molar-refractivity contribution in [2.45, 2.75) is 13.3 Å². The number of imidazole rings is 1. The van der Waals surface area contributed by atoms with Crippen LogP contribution in [0.3, 0.4) is 0 Å². The molecular formula is C8H12N2O2. The van der Waals surface area contributed by atoms with Gasteiger partial charge in [0.05, 0.1) is 25.0 Å². The lowest BCUT2D eigenvalue weighted by molar-refractivity contribution is -0.144. The van der Waals surface area contributed by atoms with E-state index in [-0.39, 0.29) is 11.9 Å². The maximum Gasteiger partial charge on any atom is 0.308 e. The standard InChI is InChI=1S/C8H12N2O2/c1-6(8(11)12-2)3-7-4-9-5-10-7/h4-6H,3H2,1-2H3,(H,9,10)/t6-/m0/s1. The first kappa shape index (κ1) is 8.77. The molecule has 0 aliphatic heterocycles. The van der Waals surface area contributed by atoms with Crippen molar-refractivity contribution in [1.29, 1.82) is 0 Å². The molecule has 0 aliphatic rings. The molecule has 1 aromatic rings. The van der Waals surface area contributed by atoms with E-state index in [4.69, 9.17) is 0 Å². The van der Waals surface area contributed by atoms with Gasteiger partial charge in [0.15, 0.2) is 0 Å². The van der Waals surface area contributed by atoms with Crippen molar-refractivity contribution >= 4 is 5.97 Å². The normalized spacial score (nSPS) is 12.5. The van der Waals surface area contributed by atoms with E-state index in [1.807, 2.05) is 6.92 Å². The van der Waals surface area contributed by atoms with Crippen molar-refractivity contribution in [2.24, 2.45) is 5.92 Å². The minimum atomic E-state index is -0.196. The third-order valence-corrected chi connectivity index (χ3v) is 1.67. The lowest BCUT2D eigenvalue weighted by atomic mass is 10.1. The highest BCUT2D eigenvalue weighted by atomic mass is 16.5. The third kappa shape index (κ3) is 2.08. The van der Waals surface area contributed by atoms with Gasteiger partial charge in [-0.1, -0.05) is 6.92 Å². The van der Waals surface area contributed by atoms with E-state index in [0.29, 0.717) is 6.42 Å². The number of carbonyl (C=O) groups is 1. The van der Waals surface area contributed by atoms with Crippen LogP contribution in [0.4, 0.5) is 0 Å². The number of esters is 1. The molecule has 0 aliphatic carbocycles. The number of nitrogens with zero attached hydrogens (tertiary/aromatic N) is 1. The summed E-state index contributed by atoms with van der Waals surface area (Å²) in [5.41, 5.74) is 0.882. The Kier molecular flexibility index (Phi) is 2.85. The number of aromatic nitrogens is 2. The Balaban J connectivity index is 2.47. The summed E-state index contributed by atoms with van der Waals surface area (Å²) < 4.78 is 4.58. The fourth-order valence-corrected chi connectivity index (χ4v) is 1.00. The second-order valence-electron chi connectivity index (χ2n) is 2.69. The second-order valence-corrected chi connectivity index (χ2v) is 2.69. The number of ether oxygens (including phenoxy) is 1. The maximum absolute atomic E-state index is 11.0. The fourth-order valence-electron chi connectivity index (χ4n) is 1.00. The molecule has 1 rings (SSSR count). The van der Waals surface area contributed by atoms with Gasteiger partial charge in [-0.2, -0.15) is 0 Å². The molecular weight excluding hydrogens is 156 g/mol. The summed E-state index contributed by atoms with van der Waals surface area (Å²) >= 11 is 0. The van der Waals surface area contributed by atoms with Gasteiger partial charge < -0.3 is 9.72 Å². The average Bonchev–Trinajstić information content (AvgIpc) is 2.55. The molecule has 1 heterocycles. The zero-order chi connectivity index (χ0) is 8.97. The molecule has 0 bridgehead atoms. The zero-order valence-electron chi connectivity index (χ0n) is 7.20. The van der Waals surface area contributed by atoms with E-state index in [2.05, 4.69) is 14.7 Å². The number of aromatic amines is 1. The van der Waals surface area contributed by atoms with Crippen molar-refractivity contribution < 1.29 is 9.53 Å². The topological polar surface area (TPSA) is 55.0 Å². The molecule has 0 unspecified atom stereocenters. The summed E-state index contributed by atoms with van der Waals surface area (Å²) in [7, 11) is 1.39. The molecule has 0 radical (unpaired) electrons. The van der Waals surface area contributed by atoms with Gasteiger partial charge in [0.2, 0.25) is 0 Å². The molecule has 0 saturated carbocycles. The summed E-state index contributed by atoms with van der Waals surface area (Å²) in [5, 5.41) is 0. The summed E-state index contributed by atoms with van der Waals surface area (Å²) in [5.74, 6) is -0.323. The summed E-state index contributed by atoms with van der Waals surface area (Å²) in [4.78, 5) is 17.8. The van der Waals surface area contributed by atoms with Crippen LogP contribution in [-0.4, -0.2) is 23.0 Å². The van der Waals surface area contributed by atoms with Gasteiger partial charge in [0.25, 0.3) is 0 Å². The highest BCUT2D eigenvalue weighted by Gasteiger charge is 2.14. The predicted octanol–water partition coefficient (Wildman–Crippen LogP) is 0.761. The summed E-state index contributed by atoms with van der Waals surface area (Å²) in [6, 6.07) is 0. The Morgan fingerprint density at radius 3 is 3.08 bits per heavy atom. The Morgan fingerprint density at radius 2 is 2.58 bits per heavy atom. The Labute approximate surface area is 71.0 Å². The molecule has 0 aromatic carbocycles. The van der Waals surface area contributed by atoms with Crippen LogP contribution in [0, 0.1) is 5.92 Å². The van der Waals surface area contributed by atoms with E-state index in [1.54, 1.807) is 12.5 Å². The smallest absolute Gasteiger partial charge is 0.308 e. The molecule has 0 amide bonds. The van der Waals surface area contributed by atoms with Crippen LogP contribution >= 0.6 is 0 Å². The van der Waals surface area contributed by atoms with E-state index in [9.17, 15) is 4.79 Å². The van der Waals surface area contributed by atoms with Crippen molar-refractivity contribution in [1.82, 2.24) is 9.97 Å². The first-order valence-corrected chi connectivity index (χ1v) is 3.79. The van der Waals surface area contributed by atoms with Crippen LogP contribution in [0.25, 0.3) is 0 Å². The quantitative estimate of drug-likeness (QED) is 0.678. The molecule has 1 aromatic heterocycles. The first-order chi connectivity index (χ1) is 5.74. The van der Waals surface area contributed by atoms with Crippen LogP contribution in [0.5, 0.6) is 0 Å². The third-order valence-electron chi connectivity index (χ3n) is 1.67. The number of hydrogen-bond donors (Lipinski definition) is 1. The van der Waals surface area contributed by atoms with Crippen LogP contribution < -0.4 is 0 Å². The molecule has 4 nitrogen and oxygen atoms in total. The maximum atomic E-state index is 11.0. The fraction of sp³-hybridized carbons (Fsp3) is 0.500. The lowest BCUT2D eigenvalue weighted by Gasteiger charge is -2.05. The van der Waals surface area contributed by atoms with Gasteiger partial charge in [-0.05, 0) is 0 Å². The van der Waals surface area contributed by atoms with Crippen molar-refractivity contribution in [3.05, 3.63) is 18.2 Å². The average molecular weight is 168 g/mol. The van der Waals surface area contributed by atoms with Gasteiger partial charge >= 0.3 is 5.97 Å². The minimum absolute atomic E-state index is 0.127. The molecule has 0 spiro atoms. The van der Waals surface area contributed by atoms with E-state index < -0.39 is 0 Å². The number of rotatable bonds is 3. The molecule has 1 atom stereocenters. The Hall–Kier alpha value is -1.32. The van der Waals surface area contributed by atoms with Crippen LogP contribution in [-0.2, 0) is 16.0 Å². The van der Waals surface area contributed by atoms with Crippen molar-refractivity contribution in [3.8, 4) is 0 Å². The largest absolute Gasteiger partial charge is 0.469 e. The summed E-state index contributed by atoms with van der Waals surface area (Å²) in [6.07, 6.45) is 3.99. The van der Waals surface area contributed by atoms with E-state index in [1.165, 1.54) is 7.11 Å². The van der Waals surface area contributed by atoms with Gasteiger partial charge in [-0.15, -0.1) is 0 Å². The lowest BCUT2D eigenvalue weighted by Crippen LogP contribution is -2.15. The molecule has 1 N–H and O–H groups in total. The van der Waals surface area contributed by atoms with E-state index in [0.717, 1.165) is 5.69 Å². The highest BCUT2D eigenvalue weighted by molar-refractivity contribution is 5.72. The Bertz CT molecular complexity index is 244. The molecule has 0 fully saturated rings. The number of H-pyrrole nitrogens is 1. The number of methoxy groups -OCH3 is 1.